The molecule has 0 amide bonds. The Kier molecular flexibility index (Phi) is 3.01. The van der Waals surface area contributed by atoms with E-state index in [0.717, 1.165) is 25.7 Å². The van der Waals surface area contributed by atoms with E-state index >= 15 is 0 Å². The molecule has 3 saturated carbocycles. The SMILES string of the molecule is C[C@@H]1C[C@H]2[C@@H]3C(=O)C=C4[C@@H]5O[C@@H]5CC[C@]4(C)[C@H]3CC[C@]2(C)C12OCCO2. The molecule has 6 aliphatic rings. The number of ether oxygens (including phenoxy) is 3. The van der Waals surface area contributed by atoms with Crippen molar-refractivity contribution in [3.8, 4) is 0 Å². The minimum atomic E-state index is -0.467. The van der Waals surface area contributed by atoms with Crippen LogP contribution in [0.2, 0.25) is 0 Å². The molecule has 0 aromatic rings. The van der Waals surface area contributed by atoms with Crippen molar-refractivity contribution >= 4 is 5.78 Å². The lowest BCUT2D eigenvalue weighted by atomic mass is 9.47. The van der Waals surface area contributed by atoms with E-state index in [0.29, 0.717) is 42.9 Å². The monoisotopic (exact) mass is 358 g/mol. The summed E-state index contributed by atoms with van der Waals surface area (Å²) < 4.78 is 18.5. The summed E-state index contributed by atoms with van der Waals surface area (Å²) >= 11 is 0. The smallest absolute Gasteiger partial charge is 0.176 e. The number of carbonyl (C=O) groups is 1. The van der Waals surface area contributed by atoms with Crippen LogP contribution >= 0.6 is 0 Å². The molecular weight excluding hydrogens is 328 g/mol. The van der Waals surface area contributed by atoms with Crippen LogP contribution < -0.4 is 0 Å². The fourth-order valence-electron chi connectivity index (χ4n) is 8.03. The summed E-state index contributed by atoms with van der Waals surface area (Å²) in [6, 6.07) is 0. The van der Waals surface area contributed by atoms with Gasteiger partial charge in [-0.2, -0.15) is 0 Å². The molecule has 5 fully saturated rings. The van der Waals surface area contributed by atoms with Crippen molar-refractivity contribution in [2.24, 2.45) is 34.5 Å². The van der Waals surface area contributed by atoms with Crippen molar-refractivity contribution in [2.45, 2.75) is 70.9 Å². The van der Waals surface area contributed by atoms with Gasteiger partial charge in [0.1, 0.15) is 6.10 Å². The molecule has 0 bridgehead atoms. The van der Waals surface area contributed by atoms with Crippen molar-refractivity contribution < 1.29 is 19.0 Å². The van der Waals surface area contributed by atoms with Crippen molar-refractivity contribution in [3.05, 3.63) is 11.6 Å². The van der Waals surface area contributed by atoms with E-state index in [4.69, 9.17) is 14.2 Å². The first-order valence-electron chi connectivity index (χ1n) is 10.6. The highest BCUT2D eigenvalue weighted by Crippen LogP contribution is 2.70. The molecule has 8 atom stereocenters. The Balaban J connectivity index is 1.44. The largest absolute Gasteiger partial charge is 0.365 e. The van der Waals surface area contributed by atoms with E-state index < -0.39 is 5.79 Å². The first-order chi connectivity index (χ1) is 12.4. The molecule has 4 heteroatoms. The number of epoxide rings is 1. The Morgan fingerprint density at radius 2 is 1.85 bits per heavy atom. The third kappa shape index (κ3) is 1.67. The van der Waals surface area contributed by atoms with Crippen molar-refractivity contribution in [1.82, 2.24) is 0 Å². The summed E-state index contributed by atoms with van der Waals surface area (Å²) in [5.74, 6) is 1.21. The molecule has 0 radical (unpaired) electrons. The second-order valence-corrected chi connectivity index (χ2v) is 10.2. The minimum absolute atomic E-state index is 0.0469. The van der Waals surface area contributed by atoms with E-state index in [1.165, 1.54) is 12.0 Å². The Morgan fingerprint density at radius 3 is 2.62 bits per heavy atom. The lowest BCUT2D eigenvalue weighted by Crippen LogP contribution is -2.57. The van der Waals surface area contributed by atoms with Crippen LogP contribution in [0.3, 0.4) is 0 Å². The van der Waals surface area contributed by atoms with Crippen LogP contribution in [0.5, 0.6) is 0 Å². The van der Waals surface area contributed by atoms with Gasteiger partial charge in [-0.05, 0) is 61.0 Å². The molecule has 142 valence electrons. The summed E-state index contributed by atoms with van der Waals surface area (Å²) in [5, 5.41) is 0. The van der Waals surface area contributed by atoms with E-state index in [2.05, 4.69) is 20.8 Å². The van der Waals surface area contributed by atoms with Crippen molar-refractivity contribution in [3.63, 3.8) is 0 Å². The van der Waals surface area contributed by atoms with Gasteiger partial charge in [0.2, 0.25) is 0 Å². The summed E-state index contributed by atoms with van der Waals surface area (Å²) in [4.78, 5) is 13.4. The molecule has 26 heavy (non-hydrogen) atoms. The van der Waals surface area contributed by atoms with E-state index in [9.17, 15) is 4.79 Å². The number of allylic oxidation sites excluding steroid dienone is 1. The number of ketones is 1. The molecule has 0 aromatic carbocycles. The van der Waals surface area contributed by atoms with Crippen LogP contribution in [-0.2, 0) is 19.0 Å². The number of hydrogen-bond acceptors (Lipinski definition) is 4. The predicted molar refractivity (Wildman–Crippen MR) is 95.3 cm³/mol. The van der Waals surface area contributed by atoms with Crippen molar-refractivity contribution in [2.75, 3.05) is 13.2 Å². The van der Waals surface area contributed by atoms with Gasteiger partial charge in [0, 0.05) is 17.3 Å². The maximum absolute atomic E-state index is 13.4. The summed E-state index contributed by atoms with van der Waals surface area (Å²) in [5.41, 5.74) is 1.42. The van der Waals surface area contributed by atoms with Crippen LogP contribution in [0.25, 0.3) is 0 Å². The van der Waals surface area contributed by atoms with Gasteiger partial charge >= 0.3 is 0 Å². The third-order valence-electron chi connectivity index (χ3n) is 9.37. The van der Waals surface area contributed by atoms with Crippen LogP contribution in [-0.4, -0.2) is 37.0 Å². The van der Waals surface area contributed by atoms with Crippen LogP contribution in [0, 0.1) is 34.5 Å². The lowest BCUT2D eigenvalue weighted by Gasteiger charge is -2.57. The Bertz CT molecular complexity index is 707. The molecule has 6 rings (SSSR count). The number of carbonyl (C=O) groups excluding carboxylic acids is 1. The zero-order valence-electron chi connectivity index (χ0n) is 16.1. The summed E-state index contributed by atoms with van der Waals surface area (Å²) in [6.07, 6.45) is 8.22. The van der Waals surface area contributed by atoms with Crippen LogP contribution in [0.15, 0.2) is 11.6 Å². The molecule has 1 spiro atoms. The van der Waals surface area contributed by atoms with Crippen LogP contribution in [0.4, 0.5) is 0 Å². The highest BCUT2D eigenvalue weighted by atomic mass is 16.7. The molecule has 2 saturated heterocycles. The molecule has 0 unspecified atom stereocenters. The van der Waals surface area contributed by atoms with E-state index in [1.807, 2.05) is 6.08 Å². The molecule has 0 aromatic heterocycles. The average Bonchev–Trinajstić information content (AvgIpc) is 3.15. The minimum Gasteiger partial charge on any atom is -0.365 e. The second kappa shape index (κ2) is 4.82. The Morgan fingerprint density at radius 1 is 1.08 bits per heavy atom. The molecule has 4 aliphatic carbocycles. The van der Waals surface area contributed by atoms with Crippen molar-refractivity contribution in [1.29, 1.82) is 0 Å². The summed E-state index contributed by atoms with van der Waals surface area (Å²) in [6.45, 7) is 8.41. The standard InChI is InChI=1S/C22H30O4/c1-12-10-14-18-13(4-7-21(14,3)22(12)24-8-9-25-22)20(2)6-5-17-19(26-17)15(20)11-16(18)23/h11-14,17-19H,4-10H2,1-3H3/t12-,13+,14+,17-,18-,19+,20-,21+/m1/s1. The second-order valence-electron chi connectivity index (χ2n) is 10.2. The molecule has 2 aliphatic heterocycles. The van der Waals surface area contributed by atoms with Gasteiger partial charge in [0.15, 0.2) is 11.6 Å². The zero-order chi connectivity index (χ0) is 17.9. The number of fused-ring (bicyclic) bond motifs is 8. The summed E-state index contributed by atoms with van der Waals surface area (Å²) in [7, 11) is 0. The maximum atomic E-state index is 13.4. The predicted octanol–water partition coefficient (Wildman–Crippen LogP) is 3.49. The fourth-order valence-corrected chi connectivity index (χ4v) is 8.03. The first kappa shape index (κ1) is 16.3. The number of rotatable bonds is 0. The average molecular weight is 358 g/mol. The third-order valence-corrected chi connectivity index (χ3v) is 9.37. The van der Waals surface area contributed by atoms with Gasteiger partial charge < -0.3 is 14.2 Å². The number of hydrogen-bond donors (Lipinski definition) is 0. The van der Waals surface area contributed by atoms with Gasteiger partial charge in [-0.15, -0.1) is 0 Å². The Hall–Kier alpha value is -0.710. The normalized spacial score (nSPS) is 56.4. The quantitative estimate of drug-likeness (QED) is 0.622. The van der Waals surface area contributed by atoms with Gasteiger partial charge in [0.05, 0.1) is 19.3 Å². The zero-order valence-corrected chi connectivity index (χ0v) is 16.1. The van der Waals surface area contributed by atoms with Gasteiger partial charge in [-0.1, -0.05) is 20.8 Å². The van der Waals surface area contributed by atoms with E-state index in [1.54, 1.807) is 0 Å². The molecule has 2 heterocycles. The molecule has 4 nitrogen and oxygen atoms in total. The Labute approximate surface area is 155 Å². The molecule has 0 N–H and O–H groups in total. The van der Waals surface area contributed by atoms with Gasteiger partial charge in [-0.25, -0.2) is 0 Å². The van der Waals surface area contributed by atoms with Gasteiger partial charge in [0.25, 0.3) is 0 Å². The highest BCUT2D eigenvalue weighted by molar-refractivity contribution is 5.95. The van der Waals surface area contributed by atoms with Crippen LogP contribution in [0.1, 0.15) is 52.9 Å². The first-order valence-corrected chi connectivity index (χ1v) is 10.6. The van der Waals surface area contributed by atoms with Gasteiger partial charge in [-0.3, -0.25) is 4.79 Å². The fraction of sp³-hybridized carbons (Fsp3) is 0.864. The molecular formula is C22H30O4. The van der Waals surface area contributed by atoms with E-state index in [-0.39, 0.29) is 22.9 Å². The topological polar surface area (TPSA) is 48.1 Å². The highest BCUT2D eigenvalue weighted by Gasteiger charge is 2.71. The lowest BCUT2D eigenvalue weighted by molar-refractivity contribution is -0.257. The maximum Gasteiger partial charge on any atom is 0.176 e.